The third-order valence-corrected chi connectivity index (χ3v) is 10.8. The van der Waals surface area contributed by atoms with Crippen molar-refractivity contribution >= 4 is 48.9 Å². The molecule has 42 heavy (non-hydrogen) atoms. The van der Waals surface area contributed by atoms with Crippen molar-refractivity contribution in [3.8, 4) is 5.69 Å². The molecule has 6 rings (SSSR count). The van der Waals surface area contributed by atoms with Crippen LogP contribution < -0.4 is 5.32 Å². The summed E-state index contributed by atoms with van der Waals surface area (Å²) >= 11 is 3.64. The summed E-state index contributed by atoms with van der Waals surface area (Å²) in [7, 11) is -3.22. The van der Waals surface area contributed by atoms with Crippen molar-refractivity contribution in [3.63, 3.8) is 0 Å². The molecule has 2 fully saturated rings. The third kappa shape index (κ3) is 5.41. The van der Waals surface area contributed by atoms with Crippen molar-refractivity contribution in [2.45, 2.75) is 39.7 Å². The number of hydrogen-bond acceptors (Lipinski definition) is 7. The van der Waals surface area contributed by atoms with E-state index in [0.717, 1.165) is 56.3 Å². The Labute approximate surface area is 255 Å². The fraction of sp³-hybridized carbons (Fsp3) is 0.433. The number of aromatic nitrogens is 2. The summed E-state index contributed by atoms with van der Waals surface area (Å²) in [5, 5.41) is 3.56. The molecule has 1 amide bonds. The summed E-state index contributed by atoms with van der Waals surface area (Å²) in [6.45, 7) is 9.11. The van der Waals surface area contributed by atoms with Gasteiger partial charge in [0.15, 0.2) is 0 Å². The van der Waals surface area contributed by atoms with E-state index in [2.05, 4.69) is 50.7 Å². The van der Waals surface area contributed by atoms with Crippen LogP contribution in [0.5, 0.6) is 0 Å². The maximum absolute atomic E-state index is 13.2. The second kappa shape index (κ2) is 11.6. The summed E-state index contributed by atoms with van der Waals surface area (Å²) in [5.74, 6) is 0.127. The van der Waals surface area contributed by atoms with Gasteiger partial charge in [0.25, 0.3) is 5.91 Å². The molecule has 1 atom stereocenters. The van der Waals surface area contributed by atoms with Crippen molar-refractivity contribution in [2.75, 3.05) is 50.5 Å². The normalized spacial score (nSPS) is 19.2. The van der Waals surface area contributed by atoms with Gasteiger partial charge >= 0.3 is 0 Å². The number of carbonyl (C=O) groups excluding carboxylic acids is 1. The van der Waals surface area contributed by atoms with Crippen LogP contribution in [-0.2, 0) is 21.2 Å². The Bertz CT molecular complexity index is 1680. The average Bonchev–Trinajstić information content (AvgIpc) is 3.72. The van der Waals surface area contributed by atoms with E-state index in [1.807, 2.05) is 29.2 Å². The Morgan fingerprint density at radius 1 is 1.17 bits per heavy atom. The van der Waals surface area contributed by atoms with E-state index in [1.165, 1.54) is 0 Å². The molecule has 2 saturated heterocycles. The SMILES string of the molecule is CCS(=O)(=O)N1CCC(Nc2c(Br)cnc3c2N=C(c2cc(C)n(-c4cccc(C(=O)N5CCOCC5)c4)c2C)C3)C1. The Kier molecular flexibility index (Phi) is 7.99. The quantitative estimate of drug-likeness (QED) is 0.408. The van der Waals surface area contributed by atoms with Crippen molar-refractivity contribution in [1.82, 2.24) is 18.8 Å². The number of pyridine rings is 1. The van der Waals surface area contributed by atoms with Crippen molar-refractivity contribution in [2.24, 2.45) is 4.99 Å². The lowest BCUT2D eigenvalue weighted by atomic mass is 10.1. The minimum Gasteiger partial charge on any atom is -0.378 e. The monoisotopic (exact) mass is 654 g/mol. The number of morpholine rings is 1. The lowest BCUT2D eigenvalue weighted by Gasteiger charge is -2.27. The topological polar surface area (TPSA) is 109 Å². The number of anilines is 1. The first-order chi connectivity index (χ1) is 20.2. The van der Waals surface area contributed by atoms with E-state index >= 15 is 0 Å². The van der Waals surface area contributed by atoms with Crippen molar-refractivity contribution in [1.29, 1.82) is 0 Å². The molecule has 5 heterocycles. The maximum Gasteiger partial charge on any atom is 0.254 e. The second-order valence-corrected chi connectivity index (χ2v) is 14.1. The molecule has 3 aromatic rings. The average molecular weight is 656 g/mol. The molecule has 0 radical (unpaired) electrons. The molecule has 3 aliphatic rings. The Hall–Kier alpha value is -3.06. The summed E-state index contributed by atoms with van der Waals surface area (Å²) in [5.41, 5.74) is 8.18. The number of halogens is 1. The number of amides is 1. The predicted molar refractivity (Wildman–Crippen MR) is 167 cm³/mol. The van der Waals surface area contributed by atoms with Crippen LogP contribution in [0.1, 0.15) is 46.3 Å². The summed E-state index contributed by atoms with van der Waals surface area (Å²) < 4.78 is 34.7. The van der Waals surface area contributed by atoms with Gasteiger partial charge in [0.1, 0.15) is 5.69 Å². The lowest BCUT2D eigenvalue weighted by Crippen LogP contribution is -2.40. The van der Waals surface area contributed by atoms with Crippen LogP contribution in [0.4, 0.5) is 11.4 Å². The fourth-order valence-corrected chi connectivity index (χ4v) is 7.62. The molecule has 222 valence electrons. The van der Waals surface area contributed by atoms with Crippen LogP contribution in [-0.4, -0.2) is 90.0 Å². The van der Waals surface area contributed by atoms with Gasteiger partial charge in [-0.05, 0) is 67.4 Å². The number of hydrogen-bond donors (Lipinski definition) is 1. The van der Waals surface area contributed by atoms with Gasteiger partial charge in [-0.1, -0.05) is 6.07 Å². The highest BCUT2D eigenvalue weighted by atomic mass is 79.9. The Morgan fingerprint density at radius 2 is 1.95 bits per heavy atom. The van der Waals surface area contributed by atoms with Crippen LogP contribution >= 0.6 is 15.9 Å². The van der Waals surface area contributed by atoms with E-state index in [-0.39, 0.29) is 17.7 Å². The fourth-order valence-electron chi connectivity index (χ4n) is 6.06. The highest BCUT2D eigenvalue weighted by Crippen LogP contribution is 2.41. The first-order valence-corrected chi connectivity index (χ1v) is 16.7. The molecular formula is C30H35BrN6O4S. The zero-order valence-electron chi connectivity index (χ0n) is 24.1. The molecule has 1 N–H and O–H groups in total. The van der Waals surface area contributed by atoms with Gasteiger partial charge in [-0.25, -0.2) is 13.4 Å². The molecular weight excluding hydrogens is 620 g/mol. The molecule has 0 aliphatic carbocycles. The maximum atomic E-state index is 13.2. The van der Waals surface area contributed by atoms with Crippen LogP contribution in [0, 0.1) is 13.8 Å². The smallest absolute Gasteiger partial charge is 0.254 e. The number of carbonyl (C=O) groups is 1. The number of benzene rings is 1. The molecule has 0 spiro atoms. The van der Waals surface area contributed by atoms with Gasteiger partial charge in [-0.3, -0.25) is 9.78 Å². The minimum absolute atomic E-state index is 0.00844. The zero-order valence-corrected chi connectivity index (χ0v) is 26.5. The van der Waals surface area contributed by atoms with Gasteiger partial charge in [-0.15, -0.1) is 0 Å². The summed E-state index contributed by atoms with van der Waals surface area (Å²) in [4.78, 5) is 24.7. The third-order valence-electron chi connectivity index (χ3n) is 8.31. The molecule has 1 unspecified atom stereocenters. The largest absolute Gasteiger partial charge is 0.378 e. The van der Waals surface area contributed by atoms with E-state index in [1.54, 1.807) is 17.4 Å². The van der Waals surface area contributed by atoms with Gasteiger partial charge < -0.3 is 19.5 Å². The molecule has 2 aromatic heterocycles. The van der Waals surface area contributed by atoms with E-state index in [4.69, 9.17) is 9.73 Å². The highest BCUT2D eigenvalue weighted by molar-refractivity contribution is 9.10. The lowest BCUT2D eigenvalue weighted by molar-refractivity contribution is 0.0303. The molecule has 3 aliphatic heterocycles. The van der Waals surface area contributed by atoms with Crippen LogP contribution in [0.2, 0.25) is 0 Å². The van der Waals surface area contributed by atoms with E-state index in [9.17, 15) is 13.2 Å². The number of ether oxygens (including phenoxy) is 1. The van der Waals surface area contributed by atoms with Crippen molar-refractivity contribution < 1.29 is 17.9 Å². The first kappa shape index (κ1) is 29.0. The Morgan fingerprint density at radius 3 is 2.71 bits per heavy atom. The number of nitrogens with zero attached hydrogens (tertiary/aromatic N) is 5. The molecule has 1 aromatic carbocycles. The summed E-state index contributed by atoms with van der Waals surface area (Å²) in [6, 6.07) is 9.91. The van der Waals surface area contributed by atoms with Gasteiger partial charge in [0.2, 0.25) is 10.0 Å². The standard InChI is InChI=1S/C30H35BrN6O4S/c1-4-42(39,40)36-9-8-22(18-36)33-28-25(31)17-32-27-16-26(34-29(27)28)24-14-19(2)37(20(24)3)23-7-5-6-21(15-23)30(38)35-10-12-41-13-11-35/h5-7,14-15,17,22H,4,8-13,16,18H2,1-3H3,(H,32,33). The zero-order chi connectivity index (χ0) is 29.6. The number of aliphatic imine (C=N–C) groups is 1. The van der Waals surface area contributed by atoms with Crippen LogP contribution in [0.15, 0.2) is 46.0 Å². The van der Waals surface area contributed by atoms with E-state index in [0.29, 0.717) is 51.4 Å². The van der Waals surface area contributed by atoms with Crippen LogP contribution in [0.25, 0.3) is 5.69 Å². The van der Waals surface area contributed by atoms with Gasteiger partial charge in [0.05, 0.1) is 40.5 Å². The Balaban J connectivity index is 1.27. The number of sulfonamides is 1. The van der Waals surface area contributed by atoms with E-state index < -0.39 is 10.0 Å². The predicted octanol–water partition coefficient (Wildman–Crippen LogP) is 4.24. The second-order valence-electron chi connectivity index (χ2n) is 11.0. The number of nitrogens with one attached hydrogen (secondary N) is 1. The first-order valence-electron chi connectivity index (χ1n) is 14.3. The van der Waals surface area contributed by atoms with Crippen molar-refractivity contribution in [3.05, 3.63) is 69.2 Å². The molecule has 10 nitrogen and oxygen atoms in total. The number of aryl methyl sites for hydroxylation is 1. The van der Waals surface area contributed by atoms with Gasteiger partial charge in [0, 0.05) is 73.0 Å². The van der Waals surface area contributed by atoms with Gasteiger partial charge in [-0.2, -0.15) is 4.31 Å². The van der Waals surface area contributed by atoms with Crippen LogP contribution in [0.3, 0.4) is 0 Å². The molecule has 0 bridgehead atoms. The molecule has 0 saturated carbocycles. The highest BCUT2D eigenvalue weighted by Gasteiger charge is 2.32. The summed E-state index contributed by atoms with van der Waals surface area (Å²) in [6.07, 6.45) is 3.11. The number of fused-ring (bicyclic) bond motifs is 1. The number of rotatable bonds is 7. The molecule has 12 heteroatoms. The minimum atomic E-state index is -3.22.